The average molecular weight is 186 g/mol. The molecular formula is C11H22O2. The highest BCUT2D eigenvalue weighted by Crippen LogP contribution is 2.30. The topological polar surface area (TPSA) is 21.8 Å². The summed E-state index contributed by atoms with van der Waals surface area (Å²) in [5.74, 6) is 0. The van der Waals surface area contributed by atoms with E-state index in [0.29, 0.717) is 12.2 Å². The molecule has 0 bridgehead atoms. The lowest BCUT2D eigenvalue weighted by molar-refractivity contribution is 0.129. The average Bonchev–Trinajstić information content (AvgIpc) is 2.84. The van der Waals surface area contributed by atoms with Crippen molar-refractivity contribution in [3.05, 3.63) is 0 Å². The fraction of sp³-hybridized carbons (Fsp3) is 1.00. The fourth-order valence-electron chi connectivity index (χ4n) is 1.60. The third-order valence-corrected chi connectivity index (χ3v) is 2.39. The van der Waals surface area contributed by atoms with Gasteiger partial charge in [-0.2, -0.15) is 0 Å². The molecule has 0 aliphatic carbocycles. The van der Waals surface area contributed by atoms with Crippen molar-refractivity contribution in [2.75, 3.05) is 13.2 Å². The van der Waals surface area contributed by atoms with E-state index in [-0.39, 0.29) is 0 Å². The van der Waals surface area contributed by atoms with Crippen LogP contribution in [0.15, 0.2) is 0 Å². The van der Waals surface area contributed by atoms with Crippen LogP contribution >= 0.6 is 0 Å². The van der Waals surface area contributed by atoms with Gasteiger partial charge in [0, 0.05) is 13.2 Å². The van der Waals surface area contributed by atoms with Crippen LogP contribution < -0.4 is 0 Å². The fourth-order valence-corrected chi connectivity index (χ4v) is 1.60. The Morgan fingerprint density at radius 3 is 2.46 bits per heavy atom. The van der Waals surface area contributed by atoms with Gasteiger partial charge in [-0.1, -0.05) is 20.3 Å². The summed E-state index contributed by atoms with van der Waals surface area (Å²) in [6.07, 6.45) is 7.09. The van der Waals surface area contributed by atoms with Crippen molar-refractivity contribution in [3.63, 3.8) is 0 Å². The van der Waals surface area contributed by atoms with Crippen molar-refractivity contribution in [3.8, 4) is 0 Å². The normalized spacial score (nSPS) is 26.3. The van der Waals surface area contributed by atoms with Gasteiger partial charge in [-0.25, -0.2) is 0 Å². The number of ether oxygens (including phenoxy) is 2. The molecule has 1 saturated heterocycles. The molecule has 0 amide bonds. The molecule has 0 aromatic carbocycles. The molecule has 0 aromatic rings. The van der Waals surface area contributed by atoms with Gasteiger partial charge in [0.05, 0.1) is 12.2 Å². The number of hydrogen-bond acceptors (Lipinski definition) is 2. The Labute approximate surface area is 81.6 Å². The highest BCUT2D eigenvalue weighted by Gasteiger charge is 2.36. The molecule has 0 N–H and O–H groups in total. The first-order valence-electron chi connectivity index (χ1n) is 5.61. The Kier molecular flexibility index (Phi) is 5.40. The minimum absolute atomic E-state index is 0.560. The zero-order valence-electron chi connectivity index (χ0n) is 8.92. The minimum Gasteiger partial charge on any atom is -0.381 e. The van der Waals surface area contributed by atoms with E-state index in [1.165, 1.54) is 19.3 Å². The standard InChI is InChI=1S/C11H22O2/c1-3-6-10-11(13-10)7-5-9-12-8-4-2/h10-11H,3-9H2,1-2H3. The first-order valence-corrected chi connectivity index (χ1v) is 5.61. The third-order valence-electron chi connectivity index (χ3n) is 2.39. The summed E-state index contributed by atoms with van der Waals surface area (Å²) in [5, 5.41) is 0. The van der Waals surface area contributed by atoms with Crippen LogP contribution in [0.2, 0.25) is 0 Å². The number of hydrogen-bond donors (Lipinski definition) is 0. The van der Waals surface area contributed by atoms with Crippen LogP contribution in [0.25, 0.3) is 0 Å². The Bertz CT molecular complexity index is 125. The van der Waals surface area contributed by atoms with Crippen LogP contribution in [-0.2, 0) is 9.47 Å². The first kappa shape index (κ1) is 11.0. The van der Waals surface area contributed by atoms with Crippen LogP contribution in [0.4, 0.5) is 0 Å². The summed E-state index contributed by atoms with van der Waals surface area (Å²) in [6, 6.07) is 0. The molecule has 78 valence electrons. The van der Waals surface area contributed by atoms with Crippen LogP contribution in [0.5, 0.6) is 0 Å². The second kappa shape index (κ2) is 6.39. The number of epoxide rings is 1. The molecule has 2 unspecified atom stereocenters. The van der Waals surface area contributed by atoms with Crippen molar-refractivity contribution < 1.29 is 9.47 Å². The molecule has 1 heterocycles. The van der Waals surface area contributed by atoms with Crippen molar-refractivity contribution in [1.29, 1.82) is 0 Å². The predicted octanol–water partition coefficient (Wildman–Crippen LogP) is 2.76. The molecule has 13 heavy (non-hydrogen) atoms. The molecule has 1 aliphatic rings. The van der Waals surface area contributed by atoms with Crippen LogP contribution in [0.1, 0.15) is 46.0 Å². The lowest BCUT2D eigenvalue weighted by Gasteiger charge is -1.99. The lowest BCUT2D eigenvalue weighted by Crippen LogP contribution is -1.99. The van der Waals surface area contributed by atoms with Crippen molar-refractivity contribution in [2.45, 2.75) is 58.2 Å². The summed E-state index contributed by atoms with van der Waals surface area (Å²) < 4.78 is 10.9. The second-order valence-corrected chi connectivity index (χ2v) is 3.76. The summed E-state index contributed by atoms with van der Waals surface area (Å²) in [6.45, 7) is 6.17. The van der Waals surface area contributed by atoms with Crippen molar-refractivity contribution in [1.82, 2.24) is 0 Å². The SMILES string of the molecule is CCCOCCCC1OC1CCC. The molecule has 1 rings (SSSR count). The molecule has 0 radical (unpaired) electrons. The maximum atomic E-state index is 5.51. The van der Waals surface area contributed by atoms with E-state index in [9.17, 15) is 0 Å². The van der Waals surface area contributed by atoms with E-state index in [0.717, 1.165) is 26.1 Å². The van der Waals surface area contributed by atoms with Gasteiger partial charge in [0.15, 0.2) is 0 Å². The monoisotopic (exact) mass is 186 g/mol. The first-order chi connectivity index (χ1) is 6.38. The van der Waals surface area contributed by atoms with E-state index in [1.807, 2.05) is 0 Å². The molecule has 2 atom stereocenters. The zero-order valence-corrected chi connectivity index (χ0v) is 8.92. The van der Waals surface area contributed by atoms with E-state index in [4.69, 9.17) is 9.47 Å². The molecule has 2 nitrogen and oxygen atoms in total. The van der Waals surface area contributed by atoms with Gasteiger partial charge in [-0.3, -0.25) is 0 Å². The molecule has 2 heteroatoms. The van der Waals surface area contributed by atoms with Gasteiger partial charge < -0.3 is 9.47 Å². The van der Waals surface area contributed by atoms with Crippen LogP contribution in [-0.4, -0.2) is 25.4 Å². The molecule has 0 spiro atoms. The van der Waals surface area contributed by atoms with Gasteiger partial charge in [0.2, 0.25) is 0 Å². The summed E-state index contributed by atoms with van der Waals surface area (Å²) >= 11 is 0. The maximum Gasteiger partial charge on any atom is 0.0842 e. The van der Waals surface area contributed by atoms with Gasteiger partial charge in [-0.05, 0) is 25.7 Å². The molecule has 0 saturated carbocycles. The summed E-state index contributed by atoms with van der Waals surface area (Å²) in [4.78, 5) is 0. The van der Waals surface area contributed by atoms with Crippen LogP contribution in [0.3, 0.4) is 0 Å². The molecule has 1 aliphatic heterocycles. The highest BCUT2D eigenvalue weighted by molar-refractivity contribution is 4.83. The van der Waals surface area contributed by atoms with Gasteiger partial charge >= 0.3 is 0 Å². The van der Waals surface area contributed by atoms with Gasteiger partial charge in [-0.15, -0.1) is 0 Å². The predicted molar refractivity (Wildman–Crippen MR) is 53.9 cm³/mol. The van der Waals surface area contributed by atoms with E-state index in [2.05, 4.69) is 13.8 Å². The Morgan fingerprint density at radius 1 is 1.00 bits per heavy atom. The summed E-state index contributed by atoms with van der Waals surface area (Å²) in [5.41, 5.74) is 0. The smallest absolute Gasteiger partial charge is 0.0842 e. The van der Waals surface area contributed by atoms with Crippen molar-refractivity contribution >= 4 is 0 Å². The van der Waals surface area contributed by atoms with Crippen LogP contribution in [0, 0.1) is 0 Å². The van der Waals surface area contributed by atoms with Crippen molar-refractivity contribution in [2.24, 2.45) is 0 Å². The Hall–Kier alpha value is -0.0800. The Balaban J connectivity index is 1.80. The second-order valence-electron chi connectivity index (χ2n) is 3.76. The van der Waals surface area contributed by atoms with E-state index in [1.54, 1.807) is 0 Å². The van der Waals surface area contributed by atoms with E-state index < -0.39 is 0 Å². The maximum absolute atomic E-state index is 5.51. The highest BCUT2D eigenvalue weighted by atomic mass is 16.6. The largest absolute Gasteiger partial charge is 0.381 e. The van der Waals surface area contributed by atoms with Gasteiger partial charge in [0.25, 0.3) is 0 Å². The minimum atomic E-state index is 0.560. The lowest BCUT2D eigenvalue weighted by atomic mass is 10.1. The molecule has 1 fully saturated rings. The van der Waals surface area contributed by atoms with Gasteiger partial charge in [0.1, 0.15) is 0 Å². The van der Waals surface area contributed by atoms with E-state index >= 15 is 0 Å². The Morgan fingerprint density at radius 2 is 1.77 bits per heavy atom. The zero-order chi connectivity index (χ0) is 9.52. The molecule has 0 aromatic heterocycles. The third kappa shape index (κ3) is 4.63. The summed E-state index contributed by atoms with van der Waals surface area (Å²) in [7, 11) is 0. The number of rotatable bonds is 8. The quantitative estimate of drug-likeness (QED) is 0.429. The molecular weight excluding hydrogens is 164 g/mol.